The summed E-state index contributed by atoms with van der Waals surface area (Å²) in [6.07, 6.45) is 1.54. The maximum Gasteiger partial charge on any atom is 0.295 e. The van der Waals surface area contributed by atoms with Gasteiger partial charge in [-0.2, -0.15) is 0 Å². The number of carbonyl (C=O) groups excluding carboxylic acids is 2. The first kappa shape index (κ1) is 21.6. The van der Waals surface area contributed by atoms with Gasteiger partial charge in [-0.3, -0.25) is 9.59 Å². The number of methoxy groups -OCH3 is 1. The van der Waals surface area contributed by atoms with Crippen LogP contribution in [0.15, 0.2) is 42.0 Å². The van der Waals surface area contributed by atoms with Crippen LogP contribution in [-0.2, 0) is 9.59 Å². The summed E-state index contributed by atoms with van der Waals surface area (Å²) >= 11 is 0. The van der Waals surface area contributed by atoms with Crippen molar-refractivity contribution >= 4 is 17.4 Å². The number of hydrogen-bond donors (Lipinski definition) is 1. The average Bonchev–Trinajstić information content (AvgIpc) is 2.96. The van der Waals surface area contributed by atoms with Crippen LogP contribution in [0.4, 0.5) is 4.39 Å². The molecule has 0 bridgehead atoms. The van der Waals surface area contributed by atoms with Gasteiger partial charge in [0.1, 0.15) is 17.3 Å². The third-order valence-corrected chi connectivity index (χ3v) is 5.36. The third kappa shape index (κ3) is 3.82. The molecular formula is C24H26FNO4. The lowest BCUT2D eigenvalue weighted by Gasteiger charge is -2.25. The zero-order valence-corrected chi connectivity index (χ0v) is 17.7. The van der Waals surface area contributed by atoms with Gasteiger partial charge in [0.2, 0.25) is 0 Å². The number of benzene rings is 2. The summed E-state index contributed by atoms with van der Waals surface area (Å²) in [4.78, 5) is 27.3. The molecule has 0 aliphatic carbocycles. The third-order valence-electron chi connectivity index (χ3n) is 5.36. The zero-order valence-electron chi connectivity index (χ0n) is 17.7. The molecule has 1 aliphatic rings. The molecule has 3 rings (SSSR count). The maximum absolute atomic E-state index is 13.5. The SMILES string of the molecule is CCCCN1C(=O)C(=O)/C(=C(/O)c2cc(C)cc(C)c2OC)C1c1ccc(F)cc1. The number of amides is 1. The van der Waals surface area contributed by atoms with Crippen LogP contribution in [0, 0.1) is 19.7 Å². The Morgan fingerprint density at radius 3 is 2.43 bits per heavy atom. The van der Waals surface area contributed by atoms with Gasteiger partial charge in [-0.1, -0.05) is 31.5 Å². The van der Waals surface area contributed by atoms with Gasteiger partial charge in [-0.05, 0) is 55.2 Å². The highest BCUT2D eigenvalue weighted by molar-refractivity contribution is 6.46. The molecule has 0 saturated carbocycles. The van der Waals surface area contributed by atoms with E-state index in [1.807, 2.05) is 26.8 Å². The molecule has 158 valence electrons. The lowest BCUT2D eigenvalue weighted by molar-refractivity contribution is -0.139. The molecule has 1 amide bonds. The highest BCUT2D eigenvalue weighted by Crippen LogP contribution is 2.41. The van der Waals surface area contributed by atoms with Crippen LogP contribution in [0.3, 0.4) is 0 Å². The second kappa shape index (κ2) is 8.69. The van der Waals surface area contributed by atoms with Gasteiger partial charge in [0.25, 0.3) is 11.7 Å². The molecule has 0 aromatic heterocycles. The molecule has 0 spiro atoms. The van der Waals surface area contributed by atoms with E-state index in [2.05, 4.69) is 0 Å². The Morgan fingerprint density at radius 2 is 1.83 bits per heavy atom. The summed E-state index contributed by atoms with van der Waals surface area (Å²) in [5, 5.41) is 11.2. The fraction of sp³-hybridized carbons (Fsp3) is 0.333. The minimum Gasteiger partial charge on any atom is -0.507 e. The zero-order chi connectivity index (χ0) is 22.0. The van der Waals surface area contributed by atoms with Crippen molar-refractivity contribution in [2.24, 2.45) is 0 Å². The Bertz CT molecular complexity index is 1010. The summed E-state index contributed by atoms with van der Waals surface area (Å²) in [5.41, 5.74) is 2.60. The number of likely N-dealkylation sites (tertiary alicyclic amines) is 1. The van der Waals surface area contributed by atoms with Crippen LogP contribution in [0.1, 0.15) is 48.1 Å². The van der Waals surface area contributed by atoms with Gasteiger partial charge < -0.3 is 14.7 Å². The molecule has 1 fully saturated rings. The van der Waals surface area contributed by atoms with Crippen LogP contribution < -0.4 is 4.74 Å². The van der Waals surface area contributed by atoms with Crippen molar-refractivity contribution in [3.63, 3.8) is 0 Å². The number of ether oxygens (including phenoxy) is 1. The minimum absolute atomic E-state index is 0.00832. The van der Waals surface area contributed by atoms with Crippen molar-refractivity contribution < 1.29 is 23.8 Å². The average molecular weight is 411 g/mol. The van der Waals surface area contributed by atoms with Crippen molar-refractivity contribution in [1.82, 2.24) is 4.90 Å². The molecule has 2 aromatic rings. The van der Waals surface area contributed by atoms with Gasteiger partial charge in [0, 0.05) is 6.54 Å². The molecule has 1 heterocycles. The van der Waals surface area contributed by atoms with Crippen LogP contribution in [0.2, 0.25) is 0 Å². The molecule has 1 atom stereocenters. The van der Waals surface area contributed by atoms with E-state index >= 15 is 0 Å². The first-order chi connectivity index (χ1) is 14.3. The van der Waals surface area contributed by atoms with E-state index in [9.17, 15) is 19.1 Å². The predicted octanol–water partition coefficient (Wildman–Crippen LogP) is 4.67. The second-order valence-electron chi connectivity index (χ2n) is 7.56. The number of Topliss-reactive ketones (excluding diaryl/α,β-unsaturated/α-hetero) is 1. The molecule has 2 aromatic carbocycles. The Labute approximate surface area is 175 Å². The smallest absolute Gasteiger partial charge is 0.295 e. The van der Waals surface area contributed by atoms with Crippen LogP contribution in [-0.4, -0.2) is 35.4 Å². The predicted molar refractivity (Wildman–Crippen MR) is 113 cm³/mol. The Hall–Kier alpha value is -3.15. The van der Waals surface area contributed by atoms with Crippen molar-refractivity contribution in [3.05, 3.63) is 70.0 Å². The van der Waals surface area contributed by atoms with E-state index < -0.39 is 23.5 Å². The van der Waals surface area contributed by atoms with Crippen LogP contribution in [0.25, 0.3) is 5.76 Å². The van der Waals surface area contributed by atoms with Gasteiger partial charge in [-0.15, -0.1) is 0 Å². The fourth-order valence-corrected chi connectivity index (χ4v) is 3.98. The number of nitrogens with zero attached hydrogens (tertiary/aromatic N) is 1. The van der Waals surface area contributed by atoms with Gasteiger partial charge in [0.05, 0.1) is 24.3 Å². The summed E-state index contributed by atoms with van der Waals surface area (Å²) in [5.74, 6) is -1.68. The first-order valence-electron chi connectivity index (χ1n) is 9.99. The van der Waals surface area contributed by atoms with E-state index in [0.717, 1.165) is 17.5 Å². The molecule has 5 nitrogen and oxygen atoms in total. The van der Waals surface area contributed by atoms with E-state index in [1.54, 1.807) is 6.07 Å². The summed E-state index contributed by atoms with van der Waals surface area (Å²) in [7, 11) is 1.49. The summed E-state index contributed by atoms with van der Waals surface area (Å²) in [6, 6.07) is 8.49. The number of carbonyl (C=O) groups is 2. The number of hydrogen-bond acceptors (Lipinski definition) is 4. The molecule has 0 radical (unpaired) electrons. The Balaban J connectivity index is 2.25. The second-order valence-corrected chi connectivity index (χ2v) is 7.56. The topological polar surface area (TPSA) is 66.8 Å². The maximum atomic E-state index is 13.5. The van der Waals surface area contributed by atoms with E-state index in [-0.39, 0.29) is 11.3 Å². The molecular weight excluding hydrogens is 385 g/mol. The summed E-state index contributed by atoms with van der Waals surface area (Å²) in [6.45, 7) is 6.08. The van der Waals surface area contributed by atoms with Gasteiger partial charge >= 0.3 is 0 Å². The van der Waals surface area contributed by atoms with Crippen molar-refractivity contribution in [3.8, 4) is 5.75 Å². The van der Waals surface area contributed by atoms with E-state index in [1.165, 1.54) is 36.3 Å². The molecule has 6 heteroatoms. The molecule has 30 heavy (non-hydrogen) atoms. The van der Waals surface area contributed by atoms with Crippen LogP contribution >= 0.6 is 0 Å². The minimum atomic E-state index is -0.789. The molecule has 1 unspecified atom stereocenters. The van der Waals surface area contributed by atoms with Gasteiger partial charge in [-0.25, -0.2) is 4.39 Å². The Morgan fingerprint density at radius 1 is 1.17 bits per heavy atom. The monoisotopic (exact) mass is 411 g/mol. The molecule has 1 saturated heterocycles. The number of aliphatic hydroxyl groups is 1. The lowest BCUT2D eigenvalue weighted by Crippen LogP contribution is -2.30. The quantitative estimate of drug-likeness (QED) is 0.426. The van der Waals surface area contributed by atoms with Crippen molar-refractivity contribution in [2.45, 2.75) is 39.7 Å². The molecule has 1 N–H and O–H groups in total. The molecule has 1 aliphatic heterocycles. The largest absolute Gasteiger partial charge is 0.507 e. The highest BCUT2D eigenvalue weighted by atomic mass is 19.1. The highest BCUT2D eigenvalue weighted by Gasteiger charge is 2.46. The number of halogens is 1. The van der Waals surface area contributed by atoms with E-state index in [4.69, 9.17) is 4.74 Å². The first-order valence-corrected chi connectivity index (χ1v) is 9.99. The Kier molecular flexibility index (Phi) is 6.25. The number of aryl methyl sites for hydroxylation is 2. The summed E-state index contributed by atoms with van der Waals surface area (Å²) < 4.78 is 19.0. The van der Waals surface area contributed by atoms with E-state index in [0.29, 0.717) is 29.8 Å². The fourth-order valence-electron chi connectivity index (χ4n) is 3.98. The number of ketones is 1. The van der Waals surface area contributed by atoms with Crippen LogP contribution in [0.5, 0.6) is 5.75 Å². The lowest BCUT2D eigenvalue weighted by atomic mass is 9.93. The van der Waals surface area contributed by atoms with Crippen molar-refractivity contribution in [1.29, 1.82) is 0 Å². The number of rotatable bonds is 6. The van der Waals surface area contributed by atoms with Crippen molar-refractivity contribution in [2.75, 3.05) is 13.7 Å². The standard InChI is InChI=1S/C24H26FNO4/c1-5-6-11-26-20(16-7-9-17(25)10-8-16)19(22(28)24(26)29)21(27)18-13-14(2)12-15(3)23(18)30-4/h7-10,12-13,20,27H,5-6,11H2,1-4H3/b21-19+. The number of unbranched alkanes of at least 4 members (excludes halogenated alkanes) is 1. The normalized spacial score (nSPS) is 18.2. The number of aliphatic hydroxyl groups excluding tert-OH is 1. The van der Waals surface area contributed by atoms with Gasteiger partial charge in [0.15, 0.2) is 0 Å².